The number of nitro benzene ring substituents is 1. The minimum absolute atomic E-state index is 0.154. The number of anilines is 2. The number of nitrogens with zero attached hydrogens (tertiary/aromatic N) is 1. The molecule has 0 radical (unpaired) electrons. The molecular formula is C14H11Cl2N3O2S. The van der Waals surface area contributed by atoms with E-state index in [4.69, 9.17) is 35.4 Å². The van der Waals surface area contributed by atoms with Gasteiger partial charge in [-0.15, -0.1) is 0 Å². The Morgan fingerprint density at radius 2 is 1.91 bits per heavy atom. The summed E-state index contributed by atoms with van der Waals surface area (Å²) in [6.07, 6.45) is 0. The highest BCUT2D eigenvalue weighted by Crippen LogP contribution is 2.28. The Morgan fingerprint density at radius 3 is 2.55 bits per heavy atom. The second-order valence-electron chi connectivity index (χ2n) is 4.46. The van der Waals surface area contributed by atoms with Crippen LogP contribution >= 0.6 is 35.4 Å². The van der Waals surface area contributed by atoms with Gasteiger partial charge in [-0.25, -0.2) is 0 Å². The SMILES string of the molecule is Cc1ccc(NC(=S)Nc2ccc(Cl)cc2[N+](=O)[O-])cc1Cl. The summed E-state index contributed by atoms with van der Waals surface area (Å²) in [6, 6.07) is 9.68. The fraction of sp³-hybridized carbons (Fsp3) is 0.0714. The zero-order valence-corrected chi connectivity index (χ0v) is 13.7. The number of thiocarbonyl (C=S) groups is 1. The van der Waals surface area contributed by atoms with E-state index in [1.165, 1.54) is 12.1 Å². The maximum absolute atomic E-state index is 11.0. The highest BCUT2D eigenvalue weighted by atomic mass is 35.5. The predicted molar refractivity (Wildman–Crippen MR) is 94.1 cm³/mol. The minimum Gasteiger partial charge on any atom is -0.332 e. The molecule has 0 spiro atoms. The number of hydrogen-bond donors (Lipinski definition) is 2. The molecular weight excluding hydrogens is 345 g/mol. The summed E-state index contributed by atoms with van der Waals surface area (Å²) in [5.74, 6) is 0. The fourth-order valence-electron chi connectivity index (χ4n) is 1.72. The van der Waals surface area contributed by atoms with E-state index in [0.29, 0.717) is 10.7 Å². The summed E-state index contributed by atoms with van der Waals surface area (Å²) in [4.78, 5) is 10.5. The summed E-state index contributed by atoms with van der Waals surface area (Å²) >= 11 is 17.0. The van der Waals surface area contributed by atoms with Crippen LogP contribution in [0, 0.1) is 17.0 Å². The summed E-state index contributed by atoms with van der Waals surface area (Å²) in [7, 11) is 0. The Balaban J connectivity index is 2.15. The van der Waals surface area contributed by atoms with Gasteiger partial charge in [0, 0.05) is 21.8 Å². The number of rotatable bonds is 3. The Bertz CT molecular complexity index is 753. The zero-order valence-electron chi connectivity index (χ0n) is 11.4. The smallest absolute Gasteiger partial charge is 0.294 e. The van der Waals surface area contributed by atoms with Crippen LogP contribution in [0.2, 0.25) is 10.0 Å². The maximum atomic E-state index is 11.0. The average Bonchev–Trinajstić information content (AvgIpc) is 2.44. The second-order valence-corrected chi connectivity index (χ2v) is 5.71. The molecule has 5 nitrogen and oxygen atoms in total. The summed E-state index contributed by atoms with van der Waals surface area (Å²) < 4.78 is 0. The van der Waals surface area contributed by atoms with Crippen LogP contribution in [0.5, 0.6) is 0 Å². The highest BCUT2D eigenvalue weighted by molar-refractivity contribution is 7.80. The van der Waals surface area contributed by atoms with Crippen molar-refractivity contribution in [2.75, 3.05) is 10.6 Å². The quantitative estimate of drug-likeness (QED) is 0.459. The number of nitro groups is 1. The lowest BCUT2D eigenvalue weighted by Crippen LogP contribution is -2.19. The topological polar surface area (TPSA) is 67.2 Å². The molecule has 2 aromatic rings. The van der Waals surface area contributed by atoms with E-state index in [9.17, 15) is 10.1 Å². The third-order valence-corrected chi connectivity index (χ3v) is 3.68. The van der Waals surface area contributed by atoms with Crippen molar-refractivity contribution in [1.29, 1.82) is 0 Å². The van der Waals surface area contributed by atoms with Gasteiger partial charge in [0.15, 0.2) is 5.11 Å². The third-order valence-electron chi connectivity index (χ3n) is 2.83. The predicted octanol–water partition coefficient (Wildman–Crippen LogP) is 5.02. The largest absolute Gasteiger partial charge is 0.332 e. The number of benzene rings is 2. The molecule has 0 aliphatic carbocycles. The minimum atomic E-state index is -0.528. The molecule has 0 fully saturated rings. The molecule has 2 rings (SSSR count). The van der Waals surface area contributed by atoms with Gasteiger partial charge in [0.05, 0.1) is 4.92 Å². The van der Waals surface area contributed by atoms with Crippen molar-refractivity contribution in [3.8, 4) is 0 Å². The maximum Gasteiger partial charge on any atom is 0.294 e. The molecule has 114 valence electrons. The van der Waals surface area contributed by atoms with Crippen molar-refractivity contribution in [3.05, 3.63) is 62.1 Å². The van der Waals surface area contributed by atoms with Crippen LogP contribution < -0.4 is 10.6 Å². The molecule has 0 saturated heterocycles. The summed E-state index contributed by atoms with van der Waals surface area (Å²) in [6.45, 7) is 1.89. The molecule has 0 aliphatic rings. The molecule has 0 saturated carbocycles. The molecule has 0 heterocycles. The molecule has 8 heteroatoms. The first-order valence-corrected chi connectivity index (χ1v) is 7.31. The zero-order chi connectivity index (χ0) is 16.3. The van der Waals surface area contributed by atoms with Crippen LogP contribution in [0.25, 0.3) is 0 Å². The molecule has 22 heavy (non-hydrogen) atoms. The van der Waals surface area contributed by atoms with Crippen molar-refractivity contribution < 1.29 is 4.92 Å². The van der Waals surface area contributed by atoms with Crippen molar-refractivity contribution in [2.24, 2.45) is 0 Å². The van der Waals surface area contributed by atoms with Gasteiger partial charge >= 0.3 is 0 Å². The van der Waals surface area contributed by atoms with Gasteiger partial charge in [0.25, 0.3) is 5.69 Å². The first kappa shape index (κ1) is 16.5. The lowest BCUT2D eigenvalue weighted by Gasteiger charge is -2.11. The van der Waals surface area contributed by atoms with Crippen molar-refractivity contribution >= 4 is 57.6 Å². The molecule has 0 bridgehead atoms. The van der Waals surface area contributed by atoms with Gasteiger partial charge in [-0.2, -0.15) is 0 Å². The first-order chi connectivity index (χ1) is 10.4. The standard InChI is InChI=1S/C14H11Cl2N3O2S/c1-8-2-4-10(7-11(8)16)17-14(22)18-12-5-3-9(15)6-13(12)19(20)21/h2-7H,1H3,(H2,17,18,22). The van der Waals surface area contributed by atoms with Crippen LogP contribution in [0.15, 0.2) is 36.4 Å². The number of aryl methyl sites for hydroxylation is 1. The first-order valence-electron chi connectivity index (χ1n) is 6.15. The highest BCUT2D eigenvalue weighted by Gasteiger charge is 2.15. The van der Waals surface area contributed by atoms with E-state index in [1.54, 1.807) is 12.1 Å². The second kappa shape index (κ2) is 6.91. The Hall–Kier alpha value is -1.89. The van der Waals surface area contributed by atoms with Gasteiger partial charge in [0.1, 0.15) is 5.69 Å². The normalized spacial score (nSPS) is 10.1. The van der Waals surface area contributed by atoms with Gasteiger partial charge < -0.3 is 10.6 Å². The lowest BCUT2D eigenvalue weighted by molar-refractivity contribution is -0.383. The van der Waals surface area contributed by atoms with E-state index in [1.807, 2.05) is 19.1 Å². The van der Waals surface area contributed by atoms with E-state index in [0.717, 1.165) is 5.56 Å². The lowest BCUT2D eigenvalue weighted by atomic mass is 10.2. The van der Waals surface area contributed by atoms with Gasteiger partial charge in [-0.05, 0) is 49.0 Å². The average molecular weight is 356 g/mol. The molecule has 2 aromatic carbocycles. The number of halogens is 2. The van der Waals surface area contributed by atoms with E-state index in [-0.39, 0.29) is 21.5 Å². The van der Waals surface area contributed by atoms with Crippen molar-refractivity contribution in [2.45, 2.75) is 6.92 Å². The van der Waals surface area contributed by atoms with Crippen molar-refractivity contribution in [3.63, 3.8) is 0 Å². The number of nitrogens with one attached hydrogen (secondary N) is 2. The van der Waals surface area contributed by atoms with Gasteiger partial charge in [-0.3, -0.25) is 10.1 Å². The molecule has 0 atom stereocenters. The third kappa shape index (κ3) is 4.07. The summed E-state index contributed by atoms with van der Waals surface area (Å²) in [5.41, 5.74) is 1.73. The molecule has 0 aliphatic heterocycles. The van der Waals surface area contributed by atoms with Crippen LogP contribution in [0.1, 0.15) is 5.56 Å². The monoisotopic (exact) mass is 355 g/mol. The van der Waals surface area contributed by atoms with Crippen molar-refractivity contribution in [1.82, 2.24) is 0 Å². The Kier molecular flexibility index (Phi) is 5.18. The molecule has 2 N–H and O–H groups in total. The van der Waals surface area contributed by atoms with E-state index in [2.05, 4.69) is 10.6 Å². The van der Waals surface area contributed by atoms with Gasteiger partial charge in [0.2, 0.25) is 0 Å². The number of hydrogen-bond acceptors (Lipinski definition) is 3. The molecule has 0 aromatic heterocycles. The fourth-order valence-corrected chi connectivity index (χ4v) is 2.29. The molecule has 0 amide bonds. The van der Waals surface area contributed by atoms with Crippen LogP contribution in [0.4, 0.5) is 17.1 Å². The van der Waals surface area contributed by atoms with E-state index >= 15 is 0 Å². The van der Waals surface area contributed by atoms with Crippen LogP contribution in [-0.2, 0) is 0 Å². The van der Waals surface area contributed by atoms with E-state index < -0.39 is 4.92 Å². The molecule has 0 unspecified atom stereocenters. The van der Waals surface area contributed by atoms with Gasteiger partial charge in [-0.1, -0.05) is 29.3 Å². The van der Waals surface area contributed by atoms with Crippen LogP contribution in [0.3, 0.4) is 0 Å². The summed E-state index contributed by atoms with van der Waals surface area (Å²) in [5, 5.41) is 17.8. The Labute approximate surface area is 142 Å². The Morgan fingerprint density at radius 1 is 1.18 bits per heavy atom. The van der Waals surface area contributed by atoms with Crippen LogP contribution in [-0.4, -0.2) is 10.0 Å².